The van der Waals surface area contributed by atoms with Gasteiger partial charge in [0.1, 0.15) is 5.02 Å². The second-order valence-corrected chi connectivity index (χ2v) is 7.80. The number of hydrogen-bond acceptors (Lipinski definition) is 4. The number of rotatable bonds is 4. The van der Waals surface area contributed by atoms with Crippen LogP contribution in [-0.2, 0) is 20.6 Å². The van der Waals surface area contributed by atoms with Crippen molar-refractivity contribution in [3.05, 3.63) is 83.9 Å². The molecule has 0 N–H and O–H groups in total. The Kier molecular flexibility index (Phi) is 5.36. The van der Waals surface area contributed by atoms with Gasteiger partial charge in [-0.05, 0) is 23.8 Å². The zero-order valence-corrected chi connectivity index (χ0v) is 18.2. The maximum Gasteiger partial charge on any atom is 0.332 e. The van der Waals surface area contributed by atoms with Crippen LogP contribution in [0.15, 0.2) is 52.1 Å². The van der Waals surface area contributed by atoms with Crippen molar-refractivity contribution in [2.75, 3.05) is 0 Å². The van der Waals surface area contributed by atoms with Crippen molar-refractivity contribution >= 4 is 46.0 Å². The molecule has 4 aromatic rings. The summed E-state index contributed by atoms with van der Waals surface area (Å²) in [5.41, 5.74) is 0.0309. The fourth-order valence-corrected chi connectivity index (χ4v) is 3.64. The maximum atomic E-state index is 13.2. The average Bonchev–Trinajstić information content (AvgIpc) is 3.05. The largest absolute Gasteiger partial charge is 0.424 e. The lowest BCUT2D eigenvalue weighted by Gasteiger charge is -2.10. The molecule has 0 aliphatic heterocycles. The second kappa shape index (κ2) is 7.83. The van der Waals surface area contributed by atoms with Crippen molar-refractivity contribution in [1.82, 2.24) is 18.7 Å². The van der Waals surface area contributed by atoms with E-state index in [-0.39, 0.29) is 34.5 Å². The molecular weight excluding hydrogens is 451 g/mol. The molecule has 7 nitrogen and oxygen atoms in total. The Morgan fingerprint density at radius 3 is 2.37 bits per heavy atom. The van der Waals surface area contributed by atoms with E-state index in [0.717, 1.165) is 4.57 Å². The zero-order chi connectivity index (χ0) is 21.6. The molecule has 0 saturated carbocycles. The third-order valence-electron chi connectivity index (χ3n) is 4.72. The number of fused-ring (bicyclic) bond motifs is 1. The predicted molar refractivity (Wildman–Crippen MR) is 117 cm³/mol. The van der Waals surface area contributed by atoms with Gasteiger partial charge in [0.15, 0.2) is 16.9 Å². The van der Waals surface area contributed by atoms with E-state index in [1.165, 1.54) is 16.2 Å². The van der Waals surface area contributed by atoms with Gasteiger partial charge in [-0.15, -0.1) is 0 Å². The Labute approximate surface area is 185 Å². The summed E-state index contributed by atoms with van der Waals surface area (Å²) in [4.78, 5) is 30.3. The van der Waals surface area contributed by atoms with E-state index in [1.54, 1.807) is 49.5 Å². The highest BCUT2D eigenvalue weighted by molar-refractivity contribution is 6.42. The van der Waals surface area contributed by atoms with Crippen LogP contribution in [0, 0.1) is 0 Å². The Balaban J connectivity index is 1.87. The Morgan fingerprint density at radius 1 is 0.933 bits per heavy atom. The highest BCUT2D eigenvalue weighted by Crippen LogP contribution is 2.34. The molecule has 0 amide bonds. The Hall–Kier alpha value is -2.74. The average molecular weight is 466 g/mol. The summed E-state index contributed by atoms with van der Waals surface area (Å²) in [5, 5.41) is 1.01. The van der Waals surface area contributed by atoms with Crippen molar-refractivity contribution in [1.29, 1.82) is 0 Å². The summed E-state index contributed by atoms with van der Waals surface area (Å²) in [7, 11) is 3.16. The molecule has 0 radical (unpaired) electrons. The predicted octanol–water partition coefficient (Wildman–Crippen LogP) is 4.23. The molecule has 30 heavy (non-hydrogen) atoms. The van der Waals surface area contributed by atoms with E-state index in [2.05, 4.69) is 4.98 Å². The molecule has 2 aromatic carbocycles. The standard InChI is InChI=1S/C20H15Cl3N4O3/c1-25-16-17(24-19(25)30-14-9-5-8-13(22)15(14)23)26(2)20(29)27(18(16)28)10-11-6-3-4-7-12(11)21/h3-9H,10H2,1-2H3. The van der Waals surface area contributed by atoms with E-state index in [4.69, 9.17) is 39.5 Å². The van der Waals surface area contributed by atoms with Crippen molar-refractivity contribution in [2.24, 2.45) is 14.1 Å². The highest BCUT2D eigenvalue weighted by Gasteiger charge is 2.21. The molecule has 0 unspecified atom stereocenters. The van der Waals surface area contributed by atoms with Gasteiger partial charge < -0.3 is 4.74 Å². The van der Waals surface area contributed by atoms with E-state index < -0.39 is 11.2 Å². The molecule has 4 rings (SSSR count). The van der Waals surface area contributed by atoms with Crippen molar-refractivity contribution in [3.8, 4) is 11.8 Å². The van der Waals surface area contributed by atoms with Gasteiger partial charge in [0, 0.05) is 19.1 Å². The summed E-state index contributed by atoms with van der Waals surface area (Å²) >= 11 is 18.4. The van der Waals surface area contributed by atoms with Crippen molar-refractivity contribution in [2.45, 2.75) is 6.54 Å². The molecule has 0 aliphatic rings. The lowest BCUT2D eigenvalue weighted by Crippen LogP contribution is -2.39. The van der Waals surface area contributed by atoms with Crippen LogP contribution in [0.2, 0.25) is 15.1 Å². The number of ether oxygens (including phenoxy) is 1. The van der Waals surface area contributed by atoms with Gasteiger partial charge in [0.2, 0.25) is 0 Å². The number of hydrogen-bond donors (Lipinski definition) is 0. The first kappa shape index (κ1) is 20.5. The second-order valence-electron chi connectivity index (χ2n) is 6.60. The van der Waals surface area contributed by atoms with Gasteiger partial charge in [0.25, 0.3) is 5.56 Å². The zero-order valence-electron chi connectivity index (χ0n) is 15.9. The molecule has 0 bridgehead atoms. The summed E-state index contributed by atoms with van der Waals surface area (Å²) in [6, 6.07) is 12.1. The van der Waals surface area contributed by atoms with Crippen LogP contribution in [0.5, 0.6) is 11.8 Å². The van der Waals surface area contributed by atoms with E-state index >= 15 is 0 Å². The van der Waals surface area contributed by atoms with Gasteiger partial charge in [-0.3, -0.25) is 18.5 Å². The van der Waals surface area contributed by atoms with Crippen LogP contribution < -0.4 is 16.0 Å². The van der Waals surface area contributed by atoms with Gasteiger partial charge in [0.05, 0.1) is 11.6 Å². The normalized spacial score (nSPS) is 11.2. The molecule has 0 saturated heterocycles. The summed E-state index contributed by atoms with van der Waals surface area (Å²) in [6.07, 6.45) is 0. The smallest absolute Gasteiger partial charge is 0.332 e. The molecule has 0 atom stereocenters. The van der Waals surface area contributed by atoms with E-state index in [9.17, 15) is 9.59 Å². The molecular formula is C20H15Cl3N4O3. The third kappa shape index (κ3) is 3.39. The maximum absolute atomic E-state index is 13.2. The van der Waals surface area contributed by atoms with Crippen LogP contribution >= 0.6 is 34.8 Å². The summed E-state index contributed by atoms with van der Waals surface area (Å²) in [5.74, 6) is 0.281. The highest BCUT2D eigenvalue weighted by atomic mass is 35.5. The van der Waals surface area contributed by atoms with Crippen LogP contribution in [-0.4, -0.2) is 18.7 Å². The Morgan fingerprint density at radius 2 is 1.63 bits per heavy atom. The molecule has 0 fully saturated rings. The number of aromatic nitrogens is 4. The minimum Gasteiger partial charge on any atom is -0.424 e. The molecule has 0 aliphatic carbocycles. The van der Waals surface area contributed by atoms with Gasteiger partial charge in [-0.25, -0.2) is 4.79 Å². The minimum absolute atomic E-state index is 0.0304. The first-order valence-electron chi connectivity index (χ1n) is 8.81. The monoisotopic (exact) mass is 464 g/mol. The lowest BCUT2D eigenvalue weighted by molar-refractivity contribution is 0.427. The number of nitrogens with zero attached hydrogens (tertiary/aromatic N) is 4. The van der Waals surface area contributed by atoms with Crippen LogP contribution in [0.25, 0.3) is 11.2 Å². The molecule has 2 heterocycles. The van der Waals surface area contributed by atoms with Crippen molar-refractivity contribution < 1.29 is 4.74 Å². The number of aryl methyl sites for hydroxylation is 2. The first-order chi connectivity index (χ1) is 14.3. The lowest BCUT2D eigenvalue weighted by atomic mass is 10.2. The molecule has 0 spiro atoms. The van der Waals surface area contributed by atoms with E-state index in [1.807, 2.05) is 0 Å². The van der Waals surface area contributed by atoms with Crippen LogP contribution in [0.1, 0.15) is 5.56 Å². The van der Waals surface area contributed by atoms with Crippen LogP contribution in [0.3, 0.4) is 0 Å². The van der Waals surface area contributed by atoms with E-state index in [0.29, 0.717) is 15.6 Å². The molecule has 154 valence electrons. The minimum atomic E-state index is -0.516. The SMILES string of the molecule is Cn1c(Oc2cccc(Cl)c2Cl)nc2c1c(=O)n(Cc1ccccc1Cl)c(=O)n2C. The quantitative estimate of drug-likeness (QED) is 0.452. The molecule has 2 aromatic heterocycles. The fraction of sp³-hybridized carbons (Fsp3) is 0.150. The van der Waals surface area contributed by atoms with Gasteiger partial charge in [-0.1, -0.05) is 59.1 Å². The fourth-order valence-electron chi connectivity index (χ4n) is 3.11. The van der Waals surface area contributed by atoms with Gasteiger partial charge in [-0.2, -0.15) is 4.98 Å². The number of benzene rings is 2. The topological polar surface area (TPSA) is 71.1 Å². The van der Waals surface area contributed by atoms with Crippen LogP contribution in [0.4, 0.5) is 0 Å². The summed E-state index contributed by atoms with van der Waals surface area (Å²) in [6.45, 7) is 0.0304. The first-order valence-corrected chi connectivity index (χ1v) is 9.94. The molecule has 10 heteroatoms. The Bertz CT molecular complexity index is 1410. The third-order valence-corrected chi connectivity index (χ3v) is 5.89. The number of halogens is 3. The van der Waals surface area contributed by atoms with Gasteiger partial charge >= 0.3 is 11.7 Å². The summed E-state index contributed by atoms with van der Waals surface area (Å²) < 4.78 is 9.66. The number of imidazole rings is 1. The van der Waals surface area contributed by atoms with Crippen molar-refractivity contribution in [3.63, 3.8) is 0 Å².